The lowest BCUT2D eigenvalue weighted by Gasteiger charge is -1.92. The number of nitrogens with zero attached hydrogens (tertiary/aromatic N) is 2. The number of aliphatic imine (C=N–C) groups is 1. The smallest absolute Gasteiger partial charge is 0.297 e. The normalized spacial score (nSPS) is 10.9. The summed E-state index contributed by atoms with van der Waals surface area (Å²) in [5.74, 6) is -0.971. The molecule has 1 amide bonds. The predicted molar refractivity (Wildman–Crippen MR) is 46.3 cm³/mol. The van der Waals surface area contributed by atoms with Crippen LogP contribution in [0.1, 0.15) is 10.5 Å². The highest BCUT2D eigenvalue weighted by atomic mass is 16.1. The molecule has 5 heteroatoms. The van der Waals surface area contributed by atoms with Gasteiger partial charge >= 0.3 is 0 Å². The van der Waals surface area contributed by atoms with E-state index in [0.717, 1.165) is 0 Å². The Morgan fingerprint density at radius 3 is 2.85 bits per heavy atom. The largest absolute Gasteiger partial charge is 0.381 e. The van der Waals surface area contributed by atoms with Gasteiger partial charge in [0.2, 0.25) is 0 Å². The number of amides is 1. The SMILES string of the molecule is NC(C=O)=NC(=O)c1ccccn1. The van der Waals surface area contributed by atoms with Crippen molar-refractivity contribution in [2.24, 2.45) is 10.7 Å². The van der Waals surface area contributed by atoms with Gasteiger partial charge in [0, 0.05) is 6.20 Å². The van der Waals surface area contributed by atoms with E-state index >= 15 is 0 Å². The number of aldehydes is 1. The topological polar surface area (TPSA) is 85.4 Å². The van der Waals surface area contributed by atoms with Gasteiger partial charge in [0.05, 0.1) is 0 Å². The number of hydrogen-bond acceptors (Lipinski definition) is 3. The van der Waals surface area contributed by atoms with Gasteiger partial charge < -0.3 is 5.73 Å². The molecule has 0 spiro atoms. The third-order valence-corrected chi connectivity index (χ3v) is 1.24. The molecule has 1 rings (SSSR count). The van der Waals surface area contributed by atoms with Crippen molar-refractivity contribution in [3.05, 3.63) is 30.1 Å². The fraction of sp³-hybridized carbons (Fsp3) is 0. The van der Waals surface area contributed by atoms with Crippen LogP contribution in [0.4, 0.5) is 0 Å². The molecule has 1 aromatic rings. The van der Waals surface area contributed by atoms with Gasteiger partial charge in [-0.3, -0.25) is 14.6 Å². The third-order valence-electron chi connectivity index (χ3n) is 1.24. The van der Waals surface area contributed by atoms with E-state index < -0.39 is 5.91 Å². The lowest BCUT2D eigenvalue weighted by Crippen LogP contribution is -2.15. The number of rotatable bonds is 2. The number of nitrogens with two attached hydrogens (primary N) is 1. The number of aromatic nitrogens is 1. The van der Waals surface area contributed by atoms with Crippen LogP contribution in [-0.2, 0) is 4.79 Å². The number of pyridine rings is 1. The van der Waals surface area contributed by atoms with E-state index in [-0.39, 0.29) is 11.5 Å². The maximum absolute atomic E-state index is 11.1. The zero-order valence-corrected chi connectivity index (χ0v) is 6.68. The van der Waals surface area contributed by atoms with Gasteiger partial charge in [-0.25, -0.2) is 0 Å². The van der Waals surface area contributed by atoms with Gasteiger partial charge in [-0.05, 0) is 12.1 Å². The average Bonchev–Trinajstić information content (AvgIpc) is 2.19. The van der Waals surface area contributed by atoms with Gasteiger partial charge in [0.25, 0.3) is 5.91 Å². The number of carbonyl (C=O) groups excluding carboxylic acids is 2. The first-order chi connectivity index (χ1) is 6.24. The Labute approximate surface area is 74.3 Å². The van der Waals surface area contributed by atoms with E-state index in [1.165, 1.54) is 12.3 Å². The summed E-state index contributed by atoms with van der Waals surface area (Å²) in [5, 5.41) is 0. The second-order valence-electron chi connectivity index (χ2n) is 2.17. The van der Waals surface area contributed by atoms with Crippen molar-refractivity contribution < 1.29 is 9.59 Å². The summed E-state index contributed by atoms with van der Waals surface area (Å²) in [7, 11) is 0. The minimum Gasteiger partial charge on any atom is -0.381 e. The summed E-state index contributed by atoms with van der Waals surface area (Å²) in [6.45, 7) is 0. The van der Waals surface area contributed by atoms with E-state index in [4.69, 9.17) is 5.73 Å². The molecule has 66 valence electrons. The van der Waals surface area contributed by atoms with Gasteiger partial charge in [-0.2, -0.15) is 4.99 Å². The third kappa shape index (κ3) is 2.48. The molecular formula is C8H7N3O2. The summed E-state index contributed by atoms with van der Waals surface area (Å²) in [6, 6.07) is 4.81. The molecule has 0 aliphatic heterocycles. The van der Waals surface area contributed by atoms with E-state index in [1.54, 1.807) is 12.1 Å². The molecule has 0 unspecified atom stereocenters. The summed E-state index contributed by atoms with van der Waals surface area (Å²) in [5.41, 5.74) is 5.20. The zero-order valence-electron chi connectivity index (χ0n) is 6.68. The highest BCUT2D eigenvalue weighted by molar-refractivity contribution is 6.29. The van der Waals surface area contributed by atoms with E-state index in [9.17, 15) is 9.59 Å². The maximum Gasteiger partial charge on any atom is 0.297 e. The van der Waals surface area contributed by atoms with E-state index in [1.807, 2.05) is 0 Å². The highest BCUT2D eigenvalue weighted by Crippen LogP contribution is 1.95. The molecule has 0 bridgehead atoms. The standard InChI is InChI=1S/C8H7N3O2/c9-7(5-12)11-8(13)6-3-1-2-4-10-6/h1-5H,(H2,9,11,13). The summed E-state index contributed by atoms with van der Waals surface area (Å²) >= 11 is 0. The molecule has 1 aromatic heterocycles. The van der Waals surface area contributed by atoms with Crippen LogP contribution >= 0.6 is 0 Å². The first-order valence-electron chi connectivity index (χ1n) is 3.48. The van der Waals surface area contributed by atoms with Crippen LogP contribution in [-0.4, -0.2) is 23.0 Å². The van der Waals surface area contributed by atoms with Crippen molar-refractivity contribution in [2.45, 2.75) is 0 Å². The summed E-state index contributed by atoms with van der Waals surface area (Å²) < 4.78 is 0. The monoisotopic (exact) mass is 177 g/mol. The maximum atomic E-state index is 11.1. The first-order valence-corrected chi connectivity index (χ1v) is 3.48. The number of hydrogen-bond donors (Lipinski definition) is 1. The predicted octanol–water partition coefficient (Wildman–Crippen LogP) is -0.222. The summed E-state index contributed by atoms with van der Waals surface area (Å²) in [6.07, 6.45) is 1.76. The minimum atomic E-state index is -0.620. The molecular weight excluding hydrogens is 170 g/mol. The average molecular weight is 177 g/mol. The fourth-order valence-corrected chi connectivity index (χ4v) is 0.690. The molecule has 13 heavy (non-hydrogen) atoms. The van der Waals surface area contributed by atoms with Crippen LogP contribution in [0.5, 0.6) is 0 Å². The molecule has 0 aliphatic rings. The Morgan fingerprint density at radius 2 is 2.31 bits per heavy atom. The van der Waals surface area contributed by atoms with Gasteiger partial charge in [-0.1, -0.05) is 6.07 Å². The van der Waals surface area contributed by atoms with Gasteiger partial charge in [-0.15, -0.1) is 0 Å². The Bertz CT molecular complexity index is 346. The molecule has 2 N–H and O–H groups in total. The second-order valence-corrected chi connectivity index (χ2v) is 2.17. The van der Waals surface area contributed by atoms with Crippen molar-refractivity contribution in [1.29, 1.82) is 0 Å². The van der Waals surface area contributed by atoms with Gasteiger partial charge in [0.15, 0.2) is 12.1 Å². The van der Waals surface area contributed by atoms with Crippen LogP contribution < -0.4 is 5.73 Å². The quantitative estimate of drug-likeness (QED) is 0.384. The van der Waals surface area contributed by atoms with Crippen LogP contribution in [0, 0.1) is 0 Å². The van der Waals surface area contributed by atoms with Crippen LogP contribution in [0.25, 0.3) is 0 Å². The Balaban J connectivity index is 2.87. The molecule has 0 saturated heterocycles. The number of carbonyl (C=O) groups is 2. The molecule has 0 fully saturated rings. The molecule has 0 radical (unpaired) electrons. The van der Waals surface area contributed by atoms with Crippen LogP contribution in [0.2, 0.25) is 0 Å². The molecule has 0 aromatic carbocycles. The first kappa shape index (κ1) is 9.05. The molecule has 5 nitrogen and oxygen atoms in total. The molecule has 0 aliphatic carbocycles. The summed E-state index contributed by atoms with van der Waals surface area (Å²) in [4.78, 5) is 28.2. The molecule has 0 saturated carbocycles. The lowest BCUT2D eigenvalue weighted by molar-refractivity contribution is -0.102. The van der Waals surface area contributed by atoms with Gasteiger partial charge in [0.1, 0.15) is 5.69 Å². The number of amidine groups is 1. The molecule has 0 atom stereocenters. The lowest BCUT2D eigenvalue weighted by atomic mass is 10.3. The minimum absolute atomic E-state index is 0.160. The Morgan fingerprint density at radius 1 is 1.54 bits per heavy atom. The van der Waals surface area contributed by atoms with Crippen molar-refractivity contribution in [1.82, 2.24) is 4.98 Å². The Kier molecular flexibility index (Phi) is 2.86. The Hall–Kier alpha value is -2.04. The van der Waals surface area contributed by atoms with Crippen molar-refractivity contribution in [3.63, 3.8) is 0 Å². The van der Waals surface area contributed by atoms with Crippen molar-refractivity contribution in [2.75, 3.05) is 0 Å². The van der Waals surface area contributed by atoms with Crippen LogP contribution in [0.15, 0.2) is 29.4 Å². The fourth-order valence-electron chi connectivity index (χ4n) is 0.690. The molecule has 1 heterocycles. The van der Waals surface area contributed by atoms with E-state index in [0.29, 0.717) is 6.29 Å². The second kappa shape index (κ2) is 4.10. The van der Waals surface area contributed by atoms with Crippen LogP contribution in [0.3, 0.4) is 0 Å². The van der Waals surface area contributed by atoms with Crippen molar-refractivity contribution >= 4 is 18.0 Å². The zero-order chi connectivity index (χ0) is 9.68. The van der Waals surface area contributed by atoms with E-state index in [2.05, 4.69) is 9.98 Å². The highest BCUT2D eigenvalue weighted by Gasteiger charge is 2.04. The van der Waals surface area contributed by atoms with Crippen molar-refractivity contribution in [3.8, 4) is 0 Å².